The first-order valence-electron chi connectivity index (χ1n) is 11.2. The molecule has 32 heavy (non-hydrogen) atoms. The second-order valence-electron chi connectivity index (χ2n) is 8.40. The van der Waals surface area contributed by atoms with E-state index < -0.39 is 0 Å². The van der Waals surface area contributed by atoms with Gasteiger partial charge in [-0.15, -0.1) is 0 Å². The fourth-order valence-electron chi connectivity index (χ4n) is 3.91. The van der Waals surface area contributed by atoms with E-state index in [1.807, 2.05) is 36.4 Å². The Balaban J connectivity index is 1.38. The fraction of sp³-hybridized carbons (Fsp3) is 0.333. The Kier molecular flexibility index (Phi) is 7.28. The van der Waals surface area contributed by atoms with Crippen LogP contribution >= 0.6 is 0 Å². The van der Waals surface area contributed by atoms with E-state index in [4.69, 9.17) is 9.47 Å². The van der Waals surface area contributed by atoms with Crippen molar-refractivity contribution in [2.24, 2.45) is 0 Å². The molecule has 1 heterocycles. The molecule has 168 valence electrons. The lowest BCUT2D eigenvalue weighted by atomic mass is 10.2. The maximum Gasteiger partial charge on any atom is 0.123 e. The van der Waals surface area contributed by atoms with Gasteiger partial charge in [-0.3, -0.25) is 4.90 Å². The predicted octanol–water partition coefficient (Wildman–Crippen LogP) is 5.09. The van der Waals surface area contributed by atoms with E-state index >= 15 is 0 Å². The largest absolute Gasteiger partial charge is 0.492 e. The van der Waals surface area contributed by atoms with Gasteiger partial charge < -0.3 is 14.4 Å². The molecule has 0 aliphatic carbocycles. The van der Waals surface area contributed by atoms with Crippen molar-refractivity contribution in [2.75, 3.05) is 44.3 Å². The van der Waals surface area contributed by atoms with Crippen molar-refractivity contribution >= 4 is 5.69 Å². The molecule has 5 heteroatoms. The summed E-state index contributed by atoms with van der Waals surface area (Å²) in [5, 5.41) is 0. The van der Waals surface area contributed by atoms with Crippen LogP contribution in [0.25, 0.3) is 0 Å². The smallest absolute Gasteiger partial charge is 0.123 e. The van der Waals surface area contributed by atoms with Gasteiger partial charge in [0.25, 0.3) is 0 Å². The lowest BCUT2D eigenvalue weighted by molar-refractivity contribution is 0.0864. The number of aryl methyl sites for hydroxylation is 2. The van der Waals surface area contributed by atoms with Gasteiger partial charge in [0.05, 0.1) is 6.04 Å². The van der Waals surface area contributed by atoms with Crippen LogP contribution in [0.1, 0.15) is 11.1 Å². The van der Waals surface area contributed by atoms with E-state index in [1.165, 1.54) is 23.3 Å². The predicted molar refractivity (Wildman–Crippen MR) is 127 cm³/mol. The van der Waals surface area contributed by atoms with Crippen LogP contribution in [0.5, 0.6) is 11.5 Å². The van der Waals surface area contributed by atoms with Crippen LogP contribution in [-0.4, -0.2) is 50.3 Å². The van der Waals surface area contributed by atoms with Crippen LogP contribution in [0.4, 0.5) is 10.1 Å². The summed E-state index contributed by atoms with van der Waals surface area (Å²) < 4.78 is 25.5. The van der Waals surface area contributed by atoms with Crippen LogP contribution in [0.2, 0.25) is 0 Å². The topological polar surface area (TPSA) is 24.9 Å². The summed E-state index contributed by atoms with van der Waals surface area (Å²) in [6.07, 6.45) is 0. The van der Waals surface area contributed by atoms with Crippen molar-refractivity contribution in [1.29, 1.82) is 0 Å². The summed E-state index contributed by atoms with van der Waals surface area (Å²) >= 11 is 0. The van der Waals surface area contributed by atoms with Gasteiger partial charge >= 0.3 is 0 Å². The Hall–Kier alpha value is -3.05. The van der Waals surface area contributed by atoms with E-state index in [0.29, 0.717) is 13.2 Å². The van der Waals surface area contributed by atoms with Crippen molar-refractivity contribution in [2.45, 2.75) is 19.9 Å². The maximum absolute atomic E-state index is 13.3. The van der Waals surface area contributed by atoms with Crippen molar-refractivity contribution in [3.63, 3.8) is 0 Å². The number of halogens is 1. The lowest BCUT2D eigenvalue weighted by Crippen LogP contribution is -2.53. The van der Waals surface area contributed by atoms with Gasteiger partial charge in [0.1, 0.15) is 30.5 Å². The fourth-order valence-corrected chi connectivity index (χ4v) is 3.91. The molecule has 1 aliphatic heterocycles. The molecule has 4 rings (SSSR count). The number of ether oxygens (including phenoxy) is 2. The Bertz CT molecular complexity index is 917. The van der Waals surface area contributed by atoms with E-state index in [1.54, 1.807) is 0 Å². The molecule has 1 aliphatic rings. The number of piperazine rings is 1. The minimum absolute atomic E-state index is 0.132. The van der Waals surface area contributed by atoms with E-state index in [9.17, 15) is 4.39 Å². The number of nitrogens with zero attached hydrogens (tertiary/aromatic N) is 2. The van der Waals surface area contributed by atoms with Crippen molar-refractivity contribution in [3.8, 4) is 11.5 Å². The molecule has 0 N–H and O–H groups in total. The highest BCUT2D eigenvalue weighted by Gasteiger charge is 2.25. The zero-order valence-corrected chi connectivity index (χ0v) is 18.8. The zero-order valence-electron chi connectivity index (χ0n) is 18.8. The van der Waals surface area contributed by atoms with E-state index in [2.05, 4.69) is 47.9 Å². The Morgan fingerprint density at radius 1 is 0.688 bits per heavy atom. The summed E-state index contributed by atoms with van der Waals surface area (Å²) in [6.45, 7) is 8.84. The van der Waals surface area contributed by atoms with Crippen molar-refractivity contribution in [3.05, 3.63) is 89.7 Å². The highest BCUT2D eigenvalue weighted by Crippen LogP contribution is 2.20. The third-order valence-electron chi connectivity index (χ3n) is 5.95. The van der Waals surface area contributed by atoms with Crippen molar-refractivity contribution in [1.82, 2.24) is 4.90 Å². The van der Waals surface area contributed by atoms with Crippen molar-refractivity contribution < 1.29 is 13.9 Å². The Morgan fingerprint density at radius 2 is 1.16 bits per heavy atom. The molecule has 0 saturated carbocycles. The highest BCUT2D eigenvalue weighted by molar-refractivity contribution is 5.46. The average Bonchev–Trinajstić information content (AvgIpc) is 2.82. The molecule has 0 atom stereocenters. The molecular formula is C27H31FN2O2. The second-order valence-corrected chi connectivity index (χ2v) is 8.40. The molecule has 0 radical (unpaired) electrons. The lowest BCUT2D eigenvalue weighted by Gasteiger charge is -2.40. The molecule has 4 nitrogen and oxygen atoms in total. The summed E-state index contributed by atoms with van der Waals surface area (Å²) in [7, 11) is 0. The molecule has 1 fully saturated rings. The number of rotatable bonds is 8. The third-order valence-corrected chi connectivity index (χ3v) is 5.95. The quantitative estimate of drug-likeness (QED) is 0.493. The first-order chi connectivity index (χ1) is 15.6. The number of anilines is 1. The summed E-state index contributed by atoms with van der Waals surface area (Å²) in [4.78, 5) is 4.73. The van der Waals surface area contributed by atoms with Gasteiger partial charge in [-0.05, 0) is 62.4 Å². The van der Waals surface area contributed by atoms with Crippen LogP contribution in [-0.2, 0) is 0 Å². The van der Waals surface area contributed by atoms with E-state index in [0.717, 1.165) is 43.4 Å². The monoisotopic (exact) mass is 434 g/mol. The summed E-state index contributed by atoms with van der Waals surface area (Å²) in [5.74, 6) is 1.55. The summed E-state index contributed by atoms with van der Waals surface area (Å²) in [5.41, 5.74) is 3.50. The number of hydrogen-bond donors (Lipinski definition) is 0. The Morgan fingerprint density at radius 3 is 1.62 bits per heavy atom. The van der Waals surface area contributed by atoms with Crippen LogP contribution < -0.4 is 14.4 Å². The van der Waals surface area contributed by atoms with Gasteiger partial charge in [-0.2, -0.15) is 0 Å². The third kappa shape index (κ3) is 6.01. The molecule has 0 unspecified atom stereocenters. The number of benzene rings is 3. The van der Waals surface area contributed by atoms with Gasteiger partial charge in [0.2, 0.25) is 0 Å². The van der Waals surface area contributed by atoms with Gasteiger partial charge in [-0.25, -0.2) is 4.39 Å². The normalized spacial score (nSPS) is 14.6. The zero-order chi connectivity index (χ0) is 22.3. The molecule has 0 spiro atoms. The highest BCUT2D eigenvalue weighted by atomic mass is 19.1. The maximum atomic E-state index is 13.3. The van der Waals surface area contributed by atoms with Crippen LogP contribution in [0.15, 0.2) is 72.8 Å². The standard InChI is InChI=1S/C27H31FN2O2/c1-21-3-11-26(12-4-21)31-19-25(20-32-27-13-5-22(2)6-14-27)30-17-15-29(16-18-30)24-9-7-23(28)8-10-24/h3-14,25H,15-20H2,1-2H3. The molecule has 3 aromatic rings. The van der Waals surface area contributed by atoms with Crippen LogP contribution in [0.3, 0.4) is 0 Å². The summed E-state index contributed by atoms with van der Waals surface area (Å²) in [6, 6.07) is 23.2. The average molecular weight is 435 g/mol. The second kappa shape index (κ2) is 10.5. The molecule has 0 aromatic heterocycles. The van der Waals surface area contributed by atoms with Crippen LogP contribution in [0, 0.1) is 19.7 Å². The first-order valence-corrected chi connectivity index (χ1v) is 11.2. The molecule has 0 bridgehead atoms. The molecule has 0 amide bonds. The minimum Gasteiger partial charge on any atom is -0.492 e. The molecular weight excluding hydrogens is 403 g/mol. The van der Waals surface area contributed by atoms with E-state index in [-0.39, 0.29) is 11.9 Å². The first kappa shape index (κ1) is 22.2. The van der Waals surface area contributed by atoms with Gasteiger partial charge in [0, 0.05) is 31.9 Å². The SMILES string of the molecule is Cc1ccc(OCC(COc2ccc(C)cc2)N2CCN(c3ccc(F)cc3)CC2)cc1. The molecule has 3 aromatic carbocycles. The number of hydrogen-bond acceptors (Lipinski definition) is 4. The Labute approximate surface area is 190 Å². The van der Waals surface area contributed by atoms with Gasteiger partial charge in [-0.1, -0.05) is 35.4 Å². The minimum atomic E-state index is -0.200. The van der Waals surface area contributed by atoms with Gasteiger partial charge in [0.15, 0.2) is 0 Å². The molecule has 1 saturated heterocycles.